The molecule has 5 nitrogen and oxygen atoms in total. The van der Waals surface area contributed by atoms with E-state index in [9.17, 15) is 0 Å². The highest BCUT2D eigenvalue weighted by Gasteiger charge is 2.37. The summed E-state index contributed by atoms with van der Waals surface area (Å²) in [5.74, 6) is 1.66. The fraction of sp³-hybridized carbons (Fsp3) is 0.833. The van der Waals surface area contributed by atoms with Crippen LogP contribution in [0.3, 0.4) is 0 Å². The molecule has 1 aliphatic rings. The van der Waals surface area contributed by atoms with Gasteiger partial charge in [-0.15, -0.1) is 0 Å². The molecule has 0 saturated carbocycles. The molecule has 96 valence electrons. The maximum atomic E-state index is 6.01. The van der Waals surface area contributed by atoms with E-state index in [0.29, 0.717) is 17.6 Å². The third-order valence-corrected chi connectivity index (χ3v) is 3.18. The molecule has 2 rings (SSSR count). The number of hydrogen-bond donors (Lipinski definition) is 1. The normalized spacial score (nSPS) is 26.6. The molecule has 1 aromatic heterocycles. The molecule has 0 aromatic carbocycles. The minimum atomic E-state index is -0.390. The molecule has 2 N–H and O–H groups in total. The van der Waals surface area contributed by atoms with E-state index in [-0.39, 0.29) is 11.6 Å². The van der Waals surface area contributed by atoms with E-state index in [4.69, 9.17) is 15.0 Å². The Labute approximate surface area is 102 Å². The van der Waals surface area contributed by atoms with Crippen LogP contribution in [-0.4, -0.2) is 16.7 Å². The van der Waals surface area contributed by atoms with Gasteiger partial charge in [0.15, 0.2) is 0 Å². The summed E-state index contributed by atoms with van der Waals surface area (Å²) in [6, 6.07) is -0.179. The highest BCUT2D eigenvalue weighted by atomic mass is 16.5. The number of nitrogens with two attached hydrogens (primary N) is 1. The van der Waals surface area contributed by atoms with Gasteiger partial charge in [0.1, 0.15) is 5.60 Å². The Morgan fingerprint density at radius 3 is 2.82 bits per heavy atom. The number of aromatic nitrogens is 2. The van der Waals surface area contributed by atoms with E-state index >= 15 is 0 Å². The van der Waals surface area contributed by atoms with Gasteiger partial charge in [0.25, 0.3) is 0 Å². The highest BCUT2D eigenvalue weighted by Crippen LogP contribution is 2.34. The maximum absolute atomic E-state index is 6.01. The minimum Gasteiger partial charge on any atom is -0.367 e. The van der Waals surface area contributed by atoms with Crippen molar-refractivity contribution in [3.8, 4) is 0 Å². The number of nitrogens with zero attached hydrogens (tertiary/aromatic N) is 2. The van der Waals surface area contributed by atoms with Gasteiger partial charge < -0.3 is 15.0 Å². The van der Waals surface area contributed by atoms with E-state index in [1.54, 1.807) is 0 Å². The molecule has 1 aliphatic heterocycles. The first kappa shape index (κ1) is 12.5. The molecule has 0 radical (unpaired) electrons. The summed E-state index contributed by atoms with van der Waals surface area (Å²) < 4.78 is 10.9. The summed E-state index contributed by atoms with van der Waals surface area (Å²) in [5, 5.41) is 4.01. The summed E-state index contributed by atoms with van der Waals surface area (Å²) in [6.07, 6.45) is 2.82. The molecule has 5 heteroatoms. The lowest BCUT2D eigenvalue weighted by Crippen LogP contribution is -2.22. The molecule has 1 unspecified atom stereocenters. The van der Waals surface area contributed by atoms with Gasteiger partial charge in [-0.1, -0.05) is 19.0 Å². The fourth-order valence-corrected chi connectivity index (χ4v) is 2.16. The molecule has 0 spiro atoms. The third-order valence-electron chi connectivity index (χ3n) is 3.18. The van der Waals surface area contributed by atoms with E-state index in [1.807, 2.05) is 6.92 Å². The molecule has 1 aromatic rings. The van der Waals surface area contributed by atoms with Crippen molar-refractivity contribution in [1.82, 2.24) is 10.1 Å². The minimum absolute atomic E-state index is 0.179. The molecular weight excluding hydrogens is 218 g/mol. The standard InChI is InChI=1S/C12H21N3O2/c1-8(2)7-9(13)10-14-11(15-17-10)12(3)5-4-6-16-12/h8-9H,4-7,13H2,1-3H3/t9-,12?/m1/s1. The Hall–Kier alpha value is -0.940. The van der Waals surface area contributed by atoms with E-state index in [2.05, 4.69) is 24.0 Å². The van der Waals surface area contributed by atoms with Crippen LogP contribution in [0.15, 0.2) is 4.52 Å². The summed E-state index contributed by atoms with van der Waals surface area (Å²) in [7, 11) is 0. The first-order valence-corrected chi connectivity index (χ1v) is 6.25. The third kappa shape index (κ3) is 2.66. The molecule has 2 atom stereocenters. The van der Waals surface area contributed by atoms with Gasteiger partial charge in [0.05, 0.1) is 6.04 Å². The molecule has 0 aliphatic carbocycles. The van der Waals surface area contributed by atoms with Crippen molar-refractivity contribution >= 4 is 0 Å². The molecular formula is C12H21N3O2. The van der Waals surface area contributed by atoms with Crippen LogP contribution >= 0.6 is 0 Å². The lowest BCUT2D eigenvalue weighted by molar-refractivity contribution is 0.00768. The Morgan fingerprint density at radius 2 is 2.24 bits per heavy atom. The lowest BCUT2D eigenvalue weighted by atomic mass is 10.0. The largest absolute Gasteiger partial charge is 0.367 e. The van der Waals surface area contributed by atoms with Gasteiger partial charge in [-0.25, -0.2) is 0 Å². The van der Waals surface area contributed by atoms with Crippen LogP contribution in [0.5, 0.6) is 0 Å². The number of rotatable bonds is 4. The van der Waals surface area contributed by atoms with Gasteiger partial charge in [-0.2, -0.15) is 4.98 Å². The van der Waals surface area contributed by atoms with E-state index < -0.39 is 0 Å². The second-order valence-corrected chi connectivity index (χ2v) is 5.38. The van der Waals surface area contributed by atoms with Crippen molar-refractivity contribution < 1.29 is 9.26 Å². The predicted molar refractivity (Wildman–Crippen MR) is 63.2 cm³/mol. The van der Waals surface area contributed by atoms with Crippen LogP contribution in [-0.2, 0) is 10.3 Å². The van der Waals surface area contributed by atoms with Crippen LogP contribution < -0.4 is 5.73 Å². The van der Waals surface area contributed by atoms with Crippen molar-refractivity contribution in [2.75, 3.05) is 6.61 Å². The summed E-state index contributed by atoms with van der Waals surface area (Å²) in [4.78, 5) is 4.39. The van der Waals surface area contributed by atoms with Crippen LogP contribution in [0.1, 0.15) is 57.8 Å². The molecule has 0 bridgehead atoms. The van der Waals surface area contributed by atoms with Crippen molar-refractivity contribution in [3.05, 3.63) is 11.7 Å². The molecule has 1 fully saturated rings. The summed E-state index contributed by atoms with van der Waals surface area (Å²) in [6.45, 7) is 7.01. The van der Waals surface area contributed by atoms with Gasteiger partial charge >= 0.3 is 0 Å². The Bertz CT molecular complexity index is 370. The van der Waals surface area contributed by atoms with E-state index in [0.717, 1.165) is 25.9 Å². The Morgan fingerprint density at radius 1 is 1.47 bits per heavy atom. The van der Waals surface area contributed by atoms with Crippen molar-refractivity contribution in [1.29, 1.82) is 0 Å². The van der Waals surface area contributed by atoms with Crippen molar-refractivity contribution in [3.63, 3.8) is 0 Å². The zero-order valence-electron chi connectivity index (χ0n) is 10.8. The fourth-order valence-electron chi connectivity index (χ4n) is 2.16. The second-order valence-electron chi connectivity index (χ2n) is 5.38. The lowest BCUT2D eigenvalue weighted by Gasteiger charge is -2.17. The zero-order chi connectivity index (χ0) is 12.5. The predicted octanol–water partition coefficient (Wildman–Crippen LogP) is 2.14. The van der Waals surface area contributed by atoms with Gasteiger partial charge in [-0.3, -0.25) is 0 Å². The summed E-state index contributed by atoms with van der Waals surface area (Å²) >= 11 is 0. The average Bonchev–Trinajstić information content (AvgIpc) is 2.85. The molecule has 1 saturated heterocycles. The van der Waals surface area contributed by atoms with Gasteiger partial charge in [0.2, 0.25) is 11.7 Å². The molecule has 2 heterocycles. The Balaban J connectivity index is 2.10. The summed E-state index contributed by atoms with van der Waals surface area (Å²) in [5.41, 5.74) is 5.62. The number of ether oxygens (including phenoxy) is 1. The average molecular weight is 239 g/mol. The molecule has 0 amide bonds. The zero-order valence-corrected chi connectivity index (χ0v) is 10.8. The number of hydrogen-bond acceptors (Lipinski definition) is 5. The monoisotopic (exact) mass is 239 g/mol. The second kappa shape index (κ2) is 4.74. The Kier molecular flexibility index (Phi) is 3.49. The SMILES string of the molecule is CC(C)C[C@@H](N)c1nc(C2(C)CCCO2)no1. The topological polar surface area (TPSA) is 74.2 Å². The molecule has 17 heavy (non-hydrogen) atoms. The van der Waals surface area contributed by atoms with Crippen LogP contribution in [0, 0.1) is 5.92 Å². The van der Waals surface area contributed by atoms with E-state index in [1.165, 1.54) is 0 Å². The first-order chi connectivity index (χ1) is 8.01. The smallest absolute Gasteiger partial charge is 0.243 e. The van der Waals surface area contributed by atoms with Gasteiger partial charge in [0, 0.05) is 6.61 Å². The van der Waals surface area contributed by atoms with Crippen LogP contribution in [0.2, 0.25) is 0 Å². The highest BCUT2D eigenvalue weighted by molar-refractivity contribution is 5.03. The van der Waals surface area contributed by atoms with Gasteiger partial charge in [-0.05, 0) is 32.1 Å². The van der Waals surface area contributed by atoms with Crippen LogP contribution in [0.25, 0.3) is 0 Å². The quantitative estimate of drug-likeness (QED) is 0.871. The van der Waals surface area contributed by atoms with Crippen LogP contribution in [0.4, 0.5) is 0 Å². The first-order valence-electron chi connectivity index (χ1n) is 6.25. The maximum Gasteiger partial charge on any atom is 0.243 e. The van der Waals surface area contributed by atoms with Crippen molar-refractivity contribution in [2.24, 2.45) is 11.7 Å². The van der Waals surface area contributed by atoms with Crippen molar-refractivity contribution in [2.45, 2.75) is 51.7 Å².